The molecule has 0 N–H and O–H groups in total. The van der Waals surface area contributed by atoms with Crippen molar-refractivity contribution < 1.29 is 4.79 Å². The minimum Gasteiger partial charge on any atom is -0.338 e. The van der Waals surface area contributed by atoms with Crippen molar-refractivity contribution in [2.75, 3.05) is 6.54 Å². The van der Waals surface area contributed by atoms with E-state index in [0.29, 0.717) is 6.04 Å². The van der Waals surface area contributed by atoms with Gasteiger partial charge in [-0.3, -0.25) is 4.79 Å². The molecule has 2 atom stereocenters. The fourth-order valence-electron chi connectivity index (χ4n) is 3.63. The van der Waals surface area contributed by atoms with Crippen molar-refractivity contribution in [3.8, 4) is 0 Å². The third-order valence-electron chi connectivity index (χ3n) is 4.58. The lowest BCUT2D eigenvalue weighted by Gasteiger charge is -2.24. The maximum atomic E-state index is 12.5. The number of amides is 1. The van der Waals surface area contributed by atoms with Gasteiger partial charge >= 0.3 is 0 Å². The molecule has 5 heteroatoms. The van der Waals surface area contributed by atoms with Gasteiger partial charge in [0.1, 0.15) is 17.6 Å². The normalized spacial score (nSPS) is 25.3. The first-order chi connectivity index (χ1) is 9.79. The Kier molecular flexibility index (Phi) is 2.72. The minimum atomic E-state index is 0.166. The first-order valence-corrected chi connectivity index (χ1v) is 7.39. The summed E-state index contributed by atoms with van der Waals surface area (Å²) in [5.74, 6) is 0.891. The highest BCUT2D eigenvalue weighted by atomic mass is 16.2. The Hall–Kier alpha value is -1.91. The predicted octanol–water partition coefficient (Wildman–Crippen LogP) is 1.83. The number of fused-ring (bicyclic) bond motifs is 3. The molecule has 2 unspecified atom stereocenters. The number of likely N-dealkylation sites (tertiary alicyclic amines) is 1. The van der Waals surface area contributed by atoms with Crippen LogP contribution in [0, 0.1) is 5.92 Å². The van der Waals surface area contributed by atoms with Crippen LogP contribution >= 0.6 is 0 Å². The smallest absolute Gasteiger partial charge is 0.246 e. The maximum absolute atomic E-state index is 12.5. The lowest BCUT2D eigenvalue weighted by molar-refractivity contribution is -0.133. The summed E-state index contributed by atoms with van der Waals surface area (Å²) in [6.45, 7) is 1.20. The summed E-state index contributed by atoms with van der Waals surface area (Å²) < 4.78 is 0. The second kappa shape index (κ2) is 4.58. The number of benzene rings is 1. The molecule has 1 aliphatic carbocycles. The van der Waals surface area contributed by atoms with Crippen LogP contribution in [0.15, 0.2) is 24.3 Å². The third kappa shape index (κ3) is 1.97. The summed E-state index contributed by atoms with van der Waals surface area (Å²) in [5.41, 5.74) is 1.70. The molecule has 1 amide bonds. The first-order valence-electron chi connectivity index (χ1n) is 7.39. The molecular weight excluding hydrogens is 252 g/mol. The molecule has 0 spiro atoms. The maximum Gasteiger partial charge on any atom is 0.246 e. The van der Waals surface area contributed by atoms with E-state index in [0.717, 1.165) is 29.9 Å². The molecule has 1 aromatic heterocycles. The Balaban J connectivity index is 1.52. The SMILES string of the molecule is O=C(Cn1nc2ccccc2n1)N1CC2CCCC1C2. The van der Waals surface area contributed by atoms with Crippen molar-refractivity contribution in [3.63, 3.8) is 0 Å². The number of carbonyl (C=O) groups is 1. The lowest BCUT2D eigenvalue weighted by atomic mass is 9.90. The molecule has 5 nitrogen and oxygen atoms in total. The van der Waals surface area contributed by atoms with Crippen LogP contribution < -0.4 is 0 Å². The number of nitrogens with zero attached hydrogens (tertiary/aromatic N) is 4. The fourth-order valence-corrected chi connectivity index (χ4v) is 3.63. The van der Waals surface area contributed by atoms with Gasteiger partial charge in [0.2, 0.25) is 5.91 Å². The van der Waals surface area contributed by atoms with E-state index in [4.69, 9.17) is 0 Å². The Morgan fingerprint density at radius 3 is 2.65 bits per heavy atom. The highest BCUT2D eigenvalue weighted by Crippen LogP contribution is 2.35. The van der Waals surface area contributed by atoms with Crippen LogP contribution in [-0.2, 0) is 11.3 Å². The van der Waals surface area contributed by atoms with Crippen molar-refractivity contribution in [2.24, 2.45) is 5.92 Å². The number of aromatic nitrogens is 3. The Bertz CT molecular complexity index is 617. The molecule has 2 fully saturated rings. The van der Waals surface area contributed by atoms with Crippen molar-refractivity contribution in [1.29, 1.82) is 0 Å². The van der Waals surface area contributed by atoms with Crippen LogP contribution in [0.4, 0.5) is 0 Å². The van der Waals surface area contributed by atoms with Crippen LogP contribution in [-0.4, -0.2) is 38.4 Å². The van der Waals surface area contributed by atoms with Gasteiger partial charge in [0, 0.05) is 12.6 Å². The van der Waals surface area contributed by atoms with E-state index in [-0.39, 0.29) is 12.5 Å². The van der Waals surface area contributed by atoms with E-state index >= 15 is 0 Å². The molecule has 1 saturated heterocycles. The van der Waals surface area contributed by atoms with Crippen LogP contribution in [0.25, 0.3) is 11.0 Å². The van der Waals surface area contributed by atoms with E-state index in [1.54, 1.807) is 0 Å². The van der Waals surface area contributed by atoms with Crippen LogP contribution in [0.1, 0.15) is 25.7 Å². The van der Waals surface area contributed by atoms with E-state index in [9.17, 15) is 4.79 Å². The molecule has 2 aliphatic rings. The van der Waals surface area contributed by atoms with E-state index in [2.05, 4.69) is 15.1 Å². The zero-order valence-corrected chi connectivity index (χ0v) is 11.4. The third-order valence-corrected chi connectivity index (χ3v) is 4.58. The van der Waals surface area contributed by atoms with E-state index in [1.165, 1.54) is 24.1 Å². The number of hydrogen-bond acceptors (Lipinski definition) is 3. The van der Waals surface area contributed by atoms with E-state index in [1.807, 2.05) is 24.3 Å². The summed E-state index contributed by atoms with van der Waals surface area (Å²) in [5, 5.41) is 8.74. The zero-order valence-electron chi connectivity index (χ0n) is 11.4. The summed E-state index contributed by atoms with van der Waals surface area (Å²) in [7, 11) is 0. The van der Waals surface area contributed by atoms with Crippen LogP contribution in [0.2, 0.25) is 0 Å². The number of hydrogen-bond donors (Lipinski definition) is 0. The predicted molar refractivity (Wildman–Crippen MR) is 75.0 cm³/mol. The Morgan fingerprint density at radius 2 is 1.95 bits per heavy atom. The zero-order chi connectivity index (χ0) is 13.5. The van der Waals surface area contributed by atoms with Gasteiger partial charge in [-0.2, -0.15) is 15.0 Å². The number of carbonyl (C=O) groups excluding carboxylic acids is 1. The summed E-state index contributed by atoms with van der Waals surface area (Å²) in [6, 6.07) is 8.18. The van der Waals surface area contributed by atoms with Gasteiger partial charge in [-0.15, -0.1) is 0 Å². The van der Waals surface area contributed by atoms with Gasteiger partial charge in [-0.25, -0.2) is 0 Å². The Labute approximate surface area is 117 Å². The van der Waals surface area contributed by atoms with Gasteiger partial charge in [-0.1, -0.05) is 18.6 Å². The van der Waals surface area contributed by atoms with Crippen LogP contribution in [0.5, 0.6) is 0 Å². The van der Waals surface area contributed by atoms with Gasteiger partial charge in [0.15, 0.2) is 0 Å². The van der Waals surface area contributed by atoms with Gasteiger partial charge in [0.25, 0.3) is 0 Å². The van der Waals surface area contributed by atoms with Crippen molar-refractivity contribution in [2.45, 2.75) is 38.3 Å². The van der Waals surface area contributed by atoms with Crippen LogP contribution in [0.3, 0.4) is 0 Å². The summed E-state index contributed by atoms with van der Waals surface area (Å²) in [6.07, 6.45) is 4.91. The fraction of sp³-hybridized carbons (Fsp3) is 0.533. The monoisotopic (exact) mass is 270 g/mol. The summed E-state index contributed by atoms with van der Waals surface area (Å²) >= 11 is 0. The van der Waals surface area contributed by atoms with Gasteiger partial charge < -0.3 is 4.90 Å². The second-order valence-corrected chi connectivity index (χ2v) is 5.95. The first kappa shape index (κ1) is 11.9. The molecule has 2 heterocycles. The molecule has 1 aliphatic heterocycles. The van der Waals surface area contributed by atoms with Crippen molar-refractivity contribution in [1.82, 2.24) is 19.9 Å². The molecular formula is C15H18N4O. The molecule has 1 saturated carbocycles. The van der Waals surface area contributed by atoms with Gasteiger partial charge in [-0.05, 0) is 37.3 Å². The Morgan fingerprint density at radius 1 is 1.20 bits per heavy atom. The quantitative estimate of drug-likeness (QED) is 0.836. The average molecular weight is 270 g/mol. The highest BCUT2D eigenvalue weighted by molar-refractivity contribution is 5.77. The highest BCUT2D eigenvalue weighted by Gasteiger charge is 2.37. The molecule has 1 aromatic carbocycles. The standard InChI is InChI=1S/C15H18N4O/c20-15(18-9-11-4-3-5-12(18)8-11)10-19-16-13-6-1-2-7-14(13)17-19/h1-2,6-7,11-12H,3-5,8-10H2. The average Bonchev–Trinajstić information content (AvgIpc) is 2.99. The molecule has 104 valence electrons. The largest absolute Gasteiger partial charge is 0.338 e. The molecule has 0 radical (unpaired) electrons. The van der Waals surface area contributed by atoms with Crippen molar-refractivity contribution in [3.05, 3.63) is 24.3 Å². The van der Waals surface area contributed by atoms with Crippen molar-refractivity contribution >= 4 is 16.9 Å². The van der Waals surface area contributed by atoms with Gasteiger partial charge in [0.05, 0.1) is 0 Å². The molecule has 2 aromatic rings. The molecule has 2 bridgehead atoms. The second-order valence-electron chi connectivity index (χ2n) is 5.95. The molecule has 4 rings (SSSR count). The minimum absolute atomic E-state index is 0.166. The number of rotatable bonds is 2. The van der Waals surface area contributed by atoms with E-state index < -0.39 is 0 Å². The lowest BCUT2D eigenvalue weighted by Crippen LogP contribution is -2.37. The molecule has 20 heavy (non-hydrogen) atoms. The topological polar surface area (TPSA) is 51.0 Å². The summed E-state index contributed by atoms with van der Waals surface area (Å²) in [4.78, 5) is 16.1.